The van der Waals surface area contributed by atoms with Gasteiger partial charge in [-0.3, -0.25) is 9.69 Å². The molecule has 0 unspecified atom stereocenters. The first-order chi connectivity index (χ1) is 13.1. The van der Waals surface area contributed by atoms with E-state index < -0.39 is 0 Å². The molecule has 7 nitrogen and oxygen atoms in total. The van der Waals surface area contributed by atoms with E-state index in [0.29, 0.717) is 50.0 Å². The van der Waals surface area contributed by atoms with E-state index in [2.05, 4.69) is 15.0 Å². The van der Waals surface area contributed by atoms with Crippen molar-refractivity contribution >= 4 is 17.2 Å². The van der Waals surface area contributed by atoms with Crippen LogP contribution in [0.1, 0.15) is 21.8 Å². The van der Waals surface area contributed by atoms with Gasteiger partial charge in [-0.1, -0.05) is 11.2 Å². The Morgan fingerprint density at radius 2 is 2.07 bits per heavy atom. The second-order valence-electron chi connectivity index (χ2n) is 6.61. The summed E-state index contributed by atoms with van der Waals surface area (Å²) in [5, 5.41) is 18.0. The number of benzene rings is 1. The number of amides is 1. The zero-order valence-electron chi connectivity index (χ0n) is 15.0. The molecule has 1 aliphatic rings. The topological polar surface area (TPSA) is 82.7 Å². The van der Waals surface area contributed by atoms with Crippen molar-refractivity contribution in [1.29, 1.82) is 0 Å². The molecule has 0 atom stereocenters. The maximum absolute atomic E-state index is 12.6. The molecule has 3 heterocycles. The van der Waals surface area contributed by atoms with Crippen molar-refractivity contribution < 1.29 is 14.4 Å². The second kappa shape index (κ2) is 7.50. The van der Waals surface area contributed by atoms with Gasteiger partial charge in [0.25, 0.3) is 5.91 Å². The van der Waals surface area contributed by atoms with Gasteiger partial charge in [0.15, 0.2) is 0 Å². The molecule has 27 heavy (non-hydrogen) atoms. The van der Waals surface area contributed by atoms with E-state index in [-0.39, 0.29) is 11.7 Å². The molecular formula is C19H20N4O3S. The number of phenols is 1. The van der Waals surface area contributed by atoms with Gasteiger partial charge in [-0.15, -0.1) is 0 Å². The quantitative estimate of drug-likeness (QED) is 0.745. The Kier molecular flexibility index (Phi) is 4.91. The van der Waals surface area contributed by atoms with Gasteiger partial charge in [0.1, 0.15) is 5.75 Å². The number of carbonyl (C=O) groups excluding carboxylic acids is 1. The van der Waals surface area contributed by atoms with Gasteiger partial charge >= 0.3 is 0 Å². The number of carbonyl (C=O) groups is 1. The molecule has 1 aromatic carbocycles. The third kappa shape index (κ3) is 3.86. The number of hydrogen-bond acceptors (Lipinski definition) is 7. The fourth-order valence-electron chi connectivity index (χ4n) is 3.12. The lowest BCUT2D eigenvalue weighted by molar-refractivity contribution is 0.0612. The van der Waals surface area contributed by atoms with Gasteiger partial charge in [0, 0.05) is 37.1 Å². The predicted octanol–water partition coefficient (Wildman–Crippen LogP) is 2.77. The number of aromatic nitrogens is 2. The molecule has 0 bridgehead atoms. The van der Waals surface area contributed by atoms with E-state index in [1.807, 2.05) is 29.8 Å². The summed E-state index contributed by atoms with van der Waals surface area (Å²) < 4.78 is 5.35. The highest BCUT2D eigenvalue weighted by molar-refractivity contribution is 7.08. The number of rotatable bonds is 4. The standard InChI is InChI=1S/C19H20N4O3S/c1-13-2-3-15(16(24)10-13)19(25)23-7-5-22(6-8-23)11-17-20-18(21-26-17)14-4-9-27-12-14/h2-4,9-10,12,24H,5-8,11H2,1H3. The molecule has 0 saturated carbocycles. The fraction of sp³-hybridized carbons (Fsp3) is 0.316. The first-order valence-corrected chi connectivity index (χ1v) is 9.71. The Balaban J connectivity index is 1.34. The van der Waals surface area contributed by atoms with Crippen LogP contribution in [0.5, 0.6) is 5.75 Å². The Morgan fingerprint density at radius 3 is 2.78 bits per heavy atom. The zero-order chi connectivity index (χ0) is 18.8. The zero-order valence-corrected chi connectivity index (χ0v) is 15.8. The van der Waals surface area contributed by atoms with Gasteiger partial charge in [-0.05, 0) is 36.1 Å². The van der Waals surface area contributed by atoms with Crippen LogP contribution in [0.3, 0.4) is 0 Å². The van der Waals surface area contributed by atoms with E-state index in [1.165, 1.54) is 0 Å². The molecule has 0 spiro atoms. The fourth-order valence-corrected chi connectivity index (χ4v) is 3.76. The number of aryl methyl sites for hydroxylation is 1. The highest BCUT2D eigenvalue weighted by Gasteiger charge is 2.25. The molecule has 1 N–H and O–H groups in total. The maximum Gasteiger partial charge on any atom is 0.257 e. The number of aromatic hydroxyl groups is 1. The minimum absolute atomic E-state index is 0.0363. The van der Waals surface area contributed by atoms with E-state index in [1.54, 1.807) is 28.4 Å². The summed E-state index contributed by atoms with van der Waals surface area (Å²) in [7, 11) is 0. The summed E-state index contributed by atoms with van der Waals surface area (Å²) in [5.74, 6) is 1.08. The lowest BCUT2D eigenvalue weighted by Crippen LogP contribution is -2.48. The van der Waals surface area contributed by atoms with Crippen LogP contribution in [0.25, 0.3) is 11.4 Å². The number of thiophene rings is 1. The van der Waals surface area contributed by atoms with E-state index in [0.717, 1.165) is 11.1 Å². The number of hydrogen-bond donors (Lipinski definition) is 1. The van der Waals surface area contributed by atoms with E-state index >= 15 is 0 Å². The molecular weight excluding hydrogens is 364 g/mol. The van der Waals surface area contributed by atoms with Crippen LogP contribution in [0, 0.1) is 6.92 Å². The number of nitrogens with zero attached hydrogens (tertiary/aromatic N) is 4. The third-order valence-corrected chi connectivity index (χ3v) is 5.33. The smallest absolute Gasteiger partial charge is 0.257 e. The summed E-state index contributed by atoms with van der Waals surface area (Å²) in [6, 6.07) is 7.10. The van der Waals surface area contributed by atoms with Gasteiger partial charge in [-0.25, -0.2) is 0 Å². The minimum Gasteiger partial charge on any atom is -0.507 e. The monoisotopic (exact) mass is 384 g/mol. The molecule has 4 rings (SSSR count). The SMILES string of the molecule is Cc1ccc(C(=O)N2CCN(Cc3nc(-c4ccsc4)no3)CC2)c(O)c1. The molecule has 140 valence electrons. The molecule has 1 aliphatic heterocycles. The van der Waals surface area contributed by atoms with Gasteiger partial charge in [0.2, 0.25) is 11.7 Å². The van der Waals surface area contributed by atoms with Crippen LogP contribution in [0.15, 0.2) is 39.5 Å². The molecule has 2 aromatic heterocycles. The first-order valence-electron chi connectivity index (χ1n) is 8.76. The maximum atomic E-state index is 12.6. The minimum atomic E-state index is -0.135. The van der Waals surface area contributed by atoms with Crippen molar-refractivity contribution in [3.8, 4) is 17.1 Å². The lowest BCUT2D eigenvalue weighted by Gasteiger charge is -2.34. The average molecular weight is 384 g/mol. The average Bonchev–Trinajstić information content (AvgIpc) is 3.33. The summed E-state index contributed by atoms with van der Waals surface area (Å²) >= 11 is 1.59. The first kappa shape index (κ1) is 17.7. The lowest BCUT2D eigenvalue weighted by atomic mass is 10.1. The molecule has 1 saturated heterocycles. The number of phenolic OH excluding ortho intramolecular Hbond substituents is 1. The van der Waals surface area contributed by atoms with Crippen LogP contribution in [-0.4, -0.2) is 57.1 Å². The molecule has 1 amide bonds. The molecule has 1 fully saturated rings. The Morgan fingerprint density at radius 1 is 1.26 bits per heavy atom. The van der Waals surface area contributed by atoms with Crippen molar-refractivity contribution in [2.75, 3.05) is 26.2 Å². The van der Waals surface area contributed by atoms with E-state index in [4.69, 9.17) is 4.52 Å². The highest BCUT2D eigenvalue weighted by Crippen LogP contribution is 2.22. The second-order valence-corrected chi connectivity index (χ2v) is 7.39. The summed E-state index contributed by atoms with van der Waals surface area (Å²) in [6.07, 6.45) is 0. The molecule has 8 heteroatoms. The van der Waals surface area contributed by atoms with E-state index in [9.17, 15) is 9.90 Å². The largest absolute Gasteiger partial charge is 0.507 e. The van der Waals surface area contributed by atoms with Gasteiger partial charge < -0.3 is 14.5 Å². The van der Waals surface area contributed by atoms with Crippen molar-refractivity contribution in [1.82, 2.24) is 19.9 Å². The molecule has 0 radical (unpaired) electrons. The van der Waals surface area contributed by atoms with Gasteiger partial charge in [0.05, 0.1) is 12.1 Å². The Labute approximate surface area is 160 Å². The predicted molar refractivity (Wildman–Crippen MR) is 102 cm³/mol. The summed E-state index contributed by atoms with van der Waals surface area (Å²) in [4.78, 5) is 21.0. The third-order valence-electron chi connectivity index (χ3n) is 4.65. The molecule has 0 aliphatic carbocycles. The van der Waals surface area contributed by atoms with Gasteiger partial charge in [-0.2, -0.15) is 16.3 Å². The van der Waals surface area contributed by atoms with Crippen LogP contribution in [0.4, 0.5) is 0 Å². The summed E-state index contributed by atoms with van der Waals surface area (Å²) in [6.45, 7) is 5.07. The van der Waals surface area contributed by atoms with Crippen LogP contribution < -0.4 is 0 Å². The van der Waals surface area contributed by atoms with Crippen LogP contribution >= 0.6 is 11.3 Å². The normalized spacial score (nSPS) is 15.2. The Hall–Kier alpha value is -2.71. The van der Waals surface area contributed by atoms with Crippen LogP contribution in [0.2, 0.25) is 0 Å². The molecule has 3 aromatic rings. The van der Waals surface area contributed by atoms with Crippen LogP contribution in [-0.2, 0) is 6.54 Å². The Bertz CT molecular complexity index is 930. The highest BCUT2D eigenvalue weighted by atomic mass is 32.1. The van der Waals surface area contributed by atoms with Crippen molar-refractivity contribution in [3.05, 3.63) is 52.0 Å². The summed E-state index contributed by atoms with van der Waals surface area (Å²) in [5.41, 5.74) is 2.24. The van der Waals surface area contributed by atoms with Crippen molar-refractivity contribution in [2.24, 2.45) is 0 Å². The number of piperazine rings is 1. The van der Waals surface area contributed by atoms with Crippen molar-refractivity contribution in [3.63, 3.8) is 0 Å². The van der Waals surface area contributed by atoms with Crippen molar-refractivity contribution in [2.45, 2.75) is 13.5 Å².